The molecule has 3 rings (SSSR count). The van der Waals surface area contributed by atoms with Crippen molar-refractivity contribution in [3.8, 4) is 5.88 Å². The summed E-state index contributed by atoms with van der Waals surface area (Å²) in [5.41, 5.74) is 1.33. The van der Waals surface area contributed by atoms with Gasteiger partial charge in [-0.3, -0.25) is 4.79 Å². The highest BCUT2D eigenvalue weighted by atomic mass is 19.1. The van der Waals surface area contributed by atoms with E-state index in [1.54, 1.807) is 35.4 Å². The number of benzene rings is 1. The zero-order valence-electron chi connectivity index (χ0n) is 10.8. The van der Waals surface area contributed by atoms with E-state index in [4.69, 9.17) is 4.74 Å². The summed E-state index contributed by atoms with van der Waals surface area (Å²) in [6.45, 7) is 0.895. The van der Waals surface area contributed by atoms with Crippen molar-refractivity contribution in [2.75, 3.05) is 18.1 Å². The second kappa shape index (κ2) is 5.28. The highest BCUT2D eigenvalue weighted by Crippen LogP contribution is 2.28. The minimum absolute atomic E-state index is 0.0897. The fraction of sp³-hybridized carbons (Fsp3) is 0.200. The zero-order chi connectivity index (χ0) is 13.9. The van der Waals surface area contributed by atoms with Crippen molar-refractivity contribution in [1.82, 2.24) is 4.98 Å². The lowest BCUT2D eigenvalue weighted by molar-refractivity contribution is -0.118. The van der Waals surface area contributed by atoms with Crippen LogP contribution in [0, 0.1) is 5.82 Å². The predicted octanol–water partition coefficient (Wildman–Crippen LogP) is 2.19. The molecule has 0 atom stereocenters. The van der Waals surface area contributed by atoms with Gasteiger partial charge in [-0.05, 0) is 29.8 Å². The molecule has 0 saturated heterocycles. The Morgan fingerprint density at radius 3 is 3.10 bits per heavy atom. The summed E-state index contributed by atoms with van der Waals surface area (Å²) in [4.78, 5) is 18.1. The molecule has 1 aromatic heterocycles. The van der Waals surface area contributed by atoms with Crippen LogP contribution in [0.15, 0.2) is 42.6 Å². The fourth-order valence-corrected chi connectivity index (χ4v) is 2.23. The van der Waals surface area contributed by atoms with Gasteiger partial charge in [0, 0.05) is 6.20 Å². The van der Waals surface area contributed by atoms with Crippen LogP contribution >= 0.6 is 0 Å². The van der Waals surface area contributed by atoms with E-state index in [9.17, 15) is 9.18 Å². The molecule has 20 heavy (non-hydrogen) atoms. The Balaban J connectivity index is 1.82. The van der Waals surface area contributed by atoms with E-state index in [0.29, 0.717) is 30.3 Å². The van der Waals surface area contributed by atoms with Crippen molar-refractivity contribution < 1.29 is 13.9 Å². The van der Waals surface area contributed by atoms with Crippen LogP contribution in [-0.2, 0) is 11.2 Å². The zero-order valence-corrected chi connectivity index (χ0v) is 10.8. The van der Waals surface area contributed by atoms with Crippen molar-refractivity contribution in [1.29, 1.82) is 0 Å². The van der Waals surface area contributed by atoms with Crippen molar-refractivity contribution in [2.45, 2.75) is 6.42 Å². The molecule has 0 spiro atoms. The second-order valence-corrected chi connectivity index (χ2v) is 4.53. The number of nitrogens with zero attached hydrogens (tertiary/aromatic N) is 2. The summed E-state index contributed by atoms with van der Waals surface area (Å²) < 4.78 is 18.6. The van der Waals surface area contributed by atoms with E-state index >= 15 is 0 Å². The van der Waals surface area contributed by atoms with Crippen molar-refractivity contribution in [3.05, 3.63) is 54.0 Å². The van der Waals surface area contributed by atoms with Crippen molar-refractivity contribution in [2.24, 2.45) is 0 Å². The molecule has 5 heteroatoms. The topological polar surface area (TPSA) is 42.4 Å². The van der Waals surface area contributed by atoms with Crippen LogP contribution in [0.5, 0.6) is 5.88 Å². The Bertz CT molecular complexity index is 645. The molecule has 0 aliphatic carbocycles. The molecule has 4 nitrogen and oxygen atoms in total. The van der Waals surface area contributed by atoms with Crippen LogP contribution in [-0.4, -0.2) is 24.0 Å². The summed E-state index contributed by atoms with van der Waals surface area (Å²) in [6, 6.07) is 9.64. The third-order valence-corrected chi connectivity index (χ3v) is 3.14. The maximum absolute atomic E-state index is 13.1. The summed E-state index contributed by atoms with van der Waals surface area (Å²) in [5.74, 6) is 0.0406. The number of ether oxygens (including phenoxy) is 1. The normalized spacial score (nSPS) is 13.6. The first-order chi connectivity index (χ1) is 9.74. The minimum Gasteiger partial charge on any atom is -0.474 e. The van der Waals surface area contributed by atoms with Crippen molar-refractivity contribution >= 4 is 11.6 Å². The van der Waals surface area contributed by atoms with Gasteiger partial charge >= 0.3 is 0 Å². The number of aromatic nitrogens is 1. The molecule has 1 aromatic carbocycles. The summed E-state index contributed by atoms with van der Waals surface area (Å²) >= 11 is 0. The summed E-state index contributed by atoms with van der Waals surface area (Å²) in [7, 11) is 0. The average molecular weight is 272 g/mol. The maximum atomic E-state index is 13.1. The Kier molecular flexibility index (Phi) is 3.33. The third kappa shape index (κ3) is 2.47. The molecule has 2 aromatic rings. The lowest BCUT2D eigenvalue weighted by Gasteiger charge is -2.28. The molecule has 1 amide bonds. The lowest BCUT2D eigenvalue weighted by atomic mass is 10.1. The number of hydrogen-bond donors (Lipinski definition) is 0. The molecule has 1 aliphatic heterocycles. The van der Waals surface area contributed by atoms with Gasteiger partial charge in [0.25, 0.3) is 0 Å². The predicted molar refractivity (Wildman–Crippen MR) is 72.2 cm³/mol. The number of carbonyl (C=O) groups is 1. The van der Waals surface area contributed by atoms with E-state index in [-0.39, 0.29) is 18.1 Å². The molecular formula is C15H13FN2O2. The van der Waals surface area contributed by atoms with Gasteiger partial charge in [0.15, 0.2) is 0 Å². The van der Waals surface area contributed by atoms with E-state index in [2.05, 4.69) is 4.98 Å². The standard InChI is InChI=1S/C15H13FN2O2/c16-12-4-1-3-11(9-12)10-14(19)18-7-8-20-15-13(18)5-2-6-17-15/h1-6,9H,7-8,10H2. The average Bonchev–Trinajstić information content (AvgIpc) is 2.46. The van der Waals surface area contributed by atoms with Crippen LogP contribution in [0.25, 0.3) is 0 Å². The highest BCUT2D eigenvalue weighted by Gasteiger charge is 2.24. The summed E-state index contributed by atoms with van der Waals surface area (Å²) in [5, 5.41) is 0. The molecule has 1 aliphatic rings. The van der Waals surface area contributed by atoms with Crippen LogP contribution in [0.2, 0.25) is 0 Å². The van der Waals surface area contributed by atoms with E-state index in [1.807, 2.05) is 0 Å². The van der Waals surface area contributed by atoms with E-state index in [0.717, 1.165) is 0 Å². The highest BCUT2D eigenvalue weighted by molar-refractivity contribution is 5.96. The van der Waals surface area contributed by atoms with Crippen LogP contribution in [0.1, 0.15) is 5.56 Å². The second-order valence-electron chi connectivity index (χ2n) is 4.53. The number of halogens is 1. The van der Waals surface area contributed by atoms with Crippen LogP contribution in [0.3, 0.4) is 0 Å². The van der Waals surface area contributed by atoms with Gasteiger partial charge in [-0.1, -0.05) is 12.1 Å². The number of rotatable bonds is 2. The number of hydrogen-bond acceptors (Lipinski definition) is 3. The smallest absolute Gasteiger partial charge is 0.238 e. The van der Waals surface area contributed by atoms with Crippen LogP contribution < -0.4 is 9.64 Å². The fourth-order valence-electron chi connectivity index (χ4n) is 2.23. The Hall–Kier alpha value is -2.43. The molecule has 0 radical (unpaired) electrons. The van der Waals surface area contributed by atoms with Gasteiger partial charge in [-0.15, -0.1) is 0 Å². The molecule has 2 heterocycles. The maximum Gasteiger partial charge on any atom is 0.238 e. The Labute approximate surface area is 115 Å². The molecule has 0 N–H and O–H groups in total. The largest absolute Gasteiger partial charge is 0.474 e. The third-order valence-electron chi connectivity index (χ3n) is 3.14. The van der Waals surface area contributed by atoms with Gasteiger partial charge < -0.3 is 9.64 Å². The minimum atomic E-state index is -0.334. The number of pyridine rings is 1. The molecule has 0 bridgehead atoms. The number of amides is 1. The first-order valence-electron chi connectivity index (χ1n) is 6.36. The number of anilines is 1. The molecule has 0 fully saturated rings. The van der Waals surface area contributed by atoms with Gasteiger partial charge in [0.05, 0.1) is 13.0 Å². The molecule has 0 saturated carbocycles. The SMILES string of the molecule is O=C(Cc1cccc(F)c1)N1CCOc2ncccc21. The Morgan fingerprint density at radius 2 is 2.25 bits per heavy atom. The van der Waals surface area contributed by atoms with Crippen LogP contribution in [0.4, 0.5) is 10.1 Å². The first kappa shape index (κ1) is 12.6. The molecule has 102 valence electrons. The van der Waals surface area contributed by atoms with Gasteiger partial charge in [0.1, 0.15) is 18.1 Å². The number of fused-ring (bicyclic) bond motifs is 1. The van der Waals surface area contributed by atoms with E-state index < -0.39 is 0 Å². The lowest BCUT2D eigenvalue weighted by Crippen LogP contribution is -2.39. The van der Waals surface area contributed by atoms with Gasteiger partial charge in [-0.25, -0.2) is 9.37 Å². The number of carbonyl (C=O) groups excluding carboxylic acids is 1. The molecule has 0 unspecified atom stereocenters. The summed E-state index contributed by atoms with van der Waals surface area (Å²) in [6.07, 6.45) is 1.78. The van der Waals surface area contributed by atoms with Gasteiger partial charge in [0.2, 0.25) is 11.8 Å². The quantitative estimate of drug-likeness (QED) is 0.841. The molecular weight excluding hydrogens is 259 g/mol. The Morgan fingerprint density at radius 1 is 1.35 bits per heavy atom. The first-order valence-corrected chi connectivity index (χ1v) is 6.36. The monoisotopic (exact) mass is 272 g/mol. The van der Waals surface area contributed by atoms with Gasteiger partial charge in [-0.2, -0.15) is 0 Å². The van der Waals surface area contributed by atoms with E-state index in [1.165, 1.54) is 12.1 Å². The van der Waals surface area contributed by atoms with Crippen molar-refractivity contribution in [3.63, 3.8) is 0 Å².